The zero-order chi connectivity index (χ0) is 23.2. The molecule has 10 heteroatoms. The zero-order valence-corrected chi connectivity index (χ0v) is 20.6. The van der Waals surface area contributed by atoms with Crippen molar-refractivity contribution in [1.82, 2.24) is 14.5 Å². The highest BCUT2D eigenvalue weighted by molar-refractivity contribution is 7.89. The number of halogens is 1. The second-order valence-corrected chi connectivity index (χ2v) is 11.8. The van der Waals surface area contributed by atoms with Gasteiger partial charge < -0.3 is 10.2 Å². The van der Waals surface area contributed by atoms with E-state index in [2.05, 4.69) is 11.4 Å². The summed E-state index contributed by atoms with van der Waals surface area (Å²) < 4.78 is 27.9. The molecule has 2 aromatic carbocycles. The first-order valence-electron chi connectivity index (χ1n) is 10.9. The van der Waals surface area contributed by atoms with Crippen molar-refractivity contribution in [2.24, 2.45) is 0 Å². The number of benzene rings is 2. The summed E-state index contributed by atoms with van der Waals surface area (Å²) in [5.74, 6) is 0. The summed E-state index contributed by atoms with van der Waals surface area (Å²) in [5.41, 5.74) is 1.26. The zero-order valence-electron chi connectivity index (χ0n) is 18.3. The molecule has 0 saturated carbocycles. The predicted octanol–water partition coefficient (Wildman–Crippen LogP) is 3.76. The summed E-state index contributed by atoms with van der Waals surface area (Å²) in [4.78, 5) is 18.1. The number of hydrogen-bond acceptors (Lipinski definition) is 5. The fourth-order valence-electron chi connectivity index (χ4n) is 4.33. The maximum Gasteiger partial charge on any atom is 0.324 e. The lowest BCUT2D eigenvalue weighted by Gasteiger charge is -2.35. The van der Waals surface area contributed by atoms with Crippen LogP contribution in [0.3, 0.4) is 0 Å². The Kier molecular flexibility index (Phi) is 6.09. The van der Waals surface area contributed by atoms with Gasteiger partial charge in [-0.25, -0.2) is 13.2 Å². The Morgan fingerprint density at radius 1 is 1.06 bits per heavy atom. The monoisotopic (exact) mass is 504 g/mol. The third-order valence-corrected chi connectivity index (χ3v) is 9.71. The molecule has 3 aromatic rings. The summed E-state index contributed by atoms with van der Waals surface area (Å²) in [6, 6.07) is 12.4. The molecule has 0 aliphatic carbocycles. The summed E-state index contributed by atoms with van der Waals surface area (Å²) in [6.45, 7) is 3.06. The highest BCUT2D eigenvalue weighted by Crippen LogP contribution is 2.32. The first-order valence-corrected chi connectivity index (χ1v) is 13.5. The molecular weight excluding hydrogens is 480 g/mol. The standard InChI is InChI=1S/C23H25ClN4O3S2/c1-26(22-14-18-15-25-7-6-21(18)32-22)23(29)27-8-10-28(11-9-27)33(30,31)20-5-3-16-12-19(24)4-2-17(16)13-20/h2-5,12-14,25H,6-11,15H2,1H3. The minimum absolute atomic E-state index is 0.0961. The normalized spacial score (nSPS) is 17.2. The fourth-order valence-corrected chi connectivity index (χ4v) is 7.11. The highest BCUT2D eigenvalue weighted by atomic mass is 35.5. The van der Waals surface area contributed by atoms with Gasteiger partial charge in [-0.05, 0) is 53.1 Å². The van der Waals surface area contributed by atoms with Gasteiger partial charge in [0.25, 0.3) is 0 Å². The third-order valence-electron chi connectivity index (χ3n) is 6.27. The van der Waals surface area contributed by atoms with E-state index in [0.29, 0.717) is 18.1 Å². The van der Waals surface area contributed by atoms with E-state index in [1.54, 1.807) is 52.4 Å². The topological polar surface area (TPSA) is 73.0 Å². The molecule has 1 saturated heterocycles. The molecule has 0 atom stereocenters. The highest BCUT2D eigenvalue weighted by Gasteiger charge is 2.32. The Morgan fingerprint density at radius 3 is 2.55 bits per heavy atom. The molecule has 0 bridgehead atoms. The molecule has 1 aromatic heterocycles. The van der Waals surface area contributed by atoms with E-state index in [9.17, 15) is 13.2 Å². The Labute approximate surface area is 202 Å². The number of urea groups is 1. The molecule has 0 spiro atoms. The minimum atomic E-state index is -3.64. The molecule has 2 aliphatic rings. The van der Waals surface area contributed by atoms with Gasteiger partial charge >= 0.3 is 6.03 Å². The number of anilines is 1. The quantitative estimate of drug-likeness (QED) is 0.589. The Morgan fingerprint density at radius 2 is 1.79 bits per heavy atom. The largest absolute Gasteiger partial charge is 0.324 e. The van der Waals surface area contributed by atoms with Crippen LogP contribution in [-0.2, 0) is 23.0 Å². The van der Waals surface area contributed by atoms with Crippen LogP contribution in [0.25, 0.3) is 10.8 Å². The smallest absolute Gasteiger partial charge is 0.322 e. The van der Waals surface area contributed by atoms with Crippen LogP contribution in [0.4, 0.5) is 9.80 Å². The van der Waals surface area contributed by atoms with Crippen molar-refractivity contribution in [2.75, 3.05) is 44.7 Å². The number of piperazine rings is 1. The van der Waals surface area contributed by atoms with Gasteiger partial charge in [0, 0.05) is 56.2 Å². The molecule has 0 unspecified atom stereocenters. The van der Waals surface area contributed by atoms with E-state index >= 15 is 0 Å². The average Bonchev–Trinajstić information content (AvgIpc) is 3.27. The van der Waals surface area contributed by atoms with Gasteiger partial charge in [-0.15, -0.1) is 11.3 Å². The number of carbonyl (C=O) groups excluding carboxylic acids is 1. The Balaban J connectivity index is 1.26. The maximum absolute atomic E-state index is 13.2. The lowest BCUT2D eigenvalue weighted by atomic mass is 10.1. The summed E-state index contributed by atoms with van der Waals surface area (Å²) in [5, 5.41) is 6.62. The fraction of sp³-hybridized carbons (Fsp3) is 0.348. The van der Waals surface area contributed by atoms with Gasteiger partial charge in [-0.3, -0.25) is 4.90 Å². The Bertz CT molecular complexity index is 1290. The number of hydrogen-bond donors (Lipinski definition) is 1. The molecule has 2 aliphatic heterocycles. The summed E-state index contributed by atoms with van der Waals surface area (Å²) in [6.07, 6.45) is 0.986. The molecule has 7 nitrogen and oxygen atoms in total. The average molecular weight is 505 g/mol. The van der Waals surface area contributed by atoms with E-state index in [1.807, 2.05) is 12.1 Å². The molecular formula is C23H25ClN4O3S2. The number of fused-ring (bicyclic) bond motifs is 2. The molecule has 174 valence electrons. The van der Waals surface area contributed by atoms with Crippen LogP contribution in [0.2, 0.25) is 5.02 Å². The number of sulfonamides is 1. The van der Waals surface area contributed by atoms with Crippen molar-refractivity contribution in [2.45, 2.75) is 17.9 Å². The van der Waals surface area contributed by atoms with Gasteiger partial charge in [-0.1, -0.05) is 23.7 Å². The second-order valence-electron chi connectivity index (χ2n) is 8.35. The number of carbonyl (C=O) groups is 1. The number of amides is 2. The number of thiophene rings is 1. The van der Waals surface area contributed by atoms with Crippen LogP contribution in [0.5, 0.6) is 0 Å². The third kappa shape index (κ3) is 4.36. The van der Waals surface area contributed by atoms with Crippen molar-refractivity contribution in [3.05, 3.63) is 57.9 Å². The van der Waals surface area contributed by atoms with Crippen LogP contribution in [-0.4, -0.2) is 63.4 Å². The van der Waals surface area contributed by atoms with Crippen molar-refractivity contribution in [3.8, 4) is 0 Å². The van der Waals surface area contributed by atoms with Gasteiger partial charge in [0.15, 0.2) is 0 Å². The first-order chi connectivity index (χ1) is 15.8. The molecule has 1 N–H and O–H groups in total. The molecule has 3 heterocycles. The van der Waals surface area contributed by atoms with E-state index in [-0.39, 0.29) is 24.0 Å². The van der Waals surface area contributed by atoms with Crippen molar-refractivity contribution in [3.63, 3.8) is 0 Å². The van der Waals surface area contributed by atoms with E-state index in [0.717, 1.165) is 35.3 Å². The summed E-state index contributed by atoms with van der Waals surface area (Å²) in [7, 11) is -1.85. The number of nitrogens with zero attached hydrogens (tertiary/aromatic N) is 3. The van der Waals surface area contributed by atoms with Crippen molar-refractivity contribution in [1.29, 1.82) is 0 Å². The maximum atomic E-state index is 13.2. The minimum Gasteiger partial charge on any atom is -0.322 e. The lowest BCUT2D eigenvalue weighted by Crippen LogP contribution is -2.53. The SMILES string of the molecule is CN(C(=O)N1CCN(S(=O)(=O)c2ccc3cc(Cl)ccc3c2)CC1)c1cc2c(s1)CCNC2. The van der Waals surface area contributed by atoms with Gasteiger partial charge in [0.2, 0.25) is 10.0 Å². The molecule has 5 rings (SSSR count). The van der Waals surface area contributed by atoms with Gasteiger partial charge in [-0.2, -0.15) is 4.31 Å². The van der Waals surface area contributed by atoms with Crippen LogP contribution in [0.1, 0.15) is 10.4 Å². The van der Waals surface area contributed by atoms with Crippen molar-refractivity contribution >= 4 is 54.8 Å². The molecule has 0 radical (unpaired) electrons. The number of rotatable bonds is 3. The first kappa shape index (κ1) is 22.6. The van der Waals surface area contributed by atoms with Crippen LogP contribution < -0.4 is 10.2 Å². The summed E-state index contributed by atoms with van der Waals surface area (Å²) >= 11 is 7.70. The second kappa shape index (κ2) is 8.88. The van der Waals surface area contributed by atoms with Crippen LogP contribution in [0, 0.1) is 0 Å². The van der Waals surface area contributed by atoms with Crippen molar-refractivity contribution < 1.29 is 13.2 Å². The van der Waals surface area contributed by atoms with Gasteiger partial charge in [0.1, 0.15) is 0 Å². The predicted molar refractivity (Wildman–Crippen MR) is 133 cm³/mol. The van der Waals surface area contributed by atoms with Gasteiger partial charge in [0.05, 0.1) is 9.90 Å². The number of nitrogens with one attached hydrogen (secondary N) is 1. The van der Waals surface area contributed by atoms with E-state index in [1.165, 1.54) is 14.7 Å². The van der Waals surface area contributed by atoms with E-state index in [4.69, 9.17) is 11.6 Å². The Hall–Kier alpha value is -2.17. The van der Waals surface area contributed by atoms with E-state index < -0.39 is 10.0 Å². The molecule has 1 fully saturated rings. The molecule has 2 amide bonds. The van der Waals surface area contributed by atoms with Crippen LogP contribution >= 0.6 is 22.9 Å². The molecule has 33 heavy (non-hydrogen) atoms. The lowest BCUT2D eigenvalue weighted by molar-refractivity contribution is 0.179. The van der Waals surface area contributed by atoms with Crippen LogP contribution in [0.15, 0.2) is 47.4 Å².